The second-order valence-electron chi connectivity index (χ2n) is 5.56. The van der Waals surface area contributed by atoms with E-state index in [0.29, 0.717) is 19.4 Å². The Morgan fingerprint density at radius 3 is 2.76 bits per heavy atom. The fourth-order valence-corrected chi connectivity index (χ4v) is 2.52. The van der Waals surface area contributed by atoms with E-state index in [1.54, 1.807) is 4.90 Å². The summed E-state index contributed by atoms with van der Waals surface area (Å²) in [4.78, 5) is 28.2. The van der Waals surface area contributed by atoms with Crippen molar-refractivity contribution < 1.29 is 9.59 Å². The predicted octanol–water partition coefficient (Wildman–Crippen LogP) is 1.77. The van der Waals surface area contributed by atoms with Gasteiger partial charge in [0.1, 0.15) is 6.04 Å². The van der Waals surface area contributed by atoms with E-state index in [0.717, 1.165) is 17.8 Å². The molecule has 2 rings (SSSR count). The Morgan fingerprint density at radius 1 is 1.33 bits per heavy atom. The molecular formula is C16H23N3O2. The fraction of sp³-hybridized carbons (Fsp3) is 0.500. The Hall–Kier alpha value is -2.04. The Balaban J connectivity index is 2.30. The van der Waals surface area contributed by atoms with Gasteiger partial charge in [-0.1, -0.05) is 19.4 Å². The van der Waals surface area contributed by atoms with Crippen LogP contribution in [-0.4, -0.2) is 38.5 Å². The lowest BCUT2D eigenvalue weighted by Crippen LogP contribution is -2.44. The van der Waals surface area contributed by atoms with Gasteiger partial charge in [0.15, 0.2) is 0 Å². The number of anilines is 2. The van der Waals surface area contributed by atoms with Crippen LogP contribution in [0.5, 0.6) is 0 Å². The number of nitrogens with zero attached hydrogens (tertiary/aromatic N) is 2. The summed E-state index contributed by atoms with van der Waals surface area (Å²) in [6.45, 7) is 2.45. The van der Waals surface area contributed by atoms with Crippen molar-refractivity contribution in [2.24, 2.45) is 0 Å². The van der Waals surface area contributed by atoms with Crippen molar-refractivity contribution in [3.05, 3.63) is 24.3 Å². The predicted molar refractivity (Wildman–Crippen MR) is 84.6 cm³/mol. The van der Waals surface area contributed by atoms with E-state index in [-0.39, 0.29) is 11.8 Å². The largest absolute Gasteiger partial charge is 0.378 e. The van der Waals surface area contributed by atoms with Gasteiger partial charge < -0.3 is 15.1 Å². The highest BCUT2D eigenvalue weighted by molar-refractivity contribution is 6.01. The summed E-state index contributed by atoms with van der Waals surface area (Å²) in [5.74, 6) is -0.0633. The molecule has 5 heteroatoms. The highest BCUT2D eigenvalue weighted by Crippen LogP contribution is 2.23. The number of hydrogen-bond acceptors (Lipinski definition) is 3. The maximum atomic E-state index is 12.7. The van der Waals surface area contributed by atoms with Gasteiger partial charge in [-0.15, -0.1) is 0 Å². The van der Waals surface area contributed by atoms with Crippen LogP contribution < -0.4 is 15.1 Å². The number of carbonyl (C=O) groups excluding carboxylic acids is 2. The number of benzene rings is 1. The quantitative estimate of drug-likeness (QED) is 0.919. The topological polar surface area (TPSA) is 52.7 Å². The van der Waals surface area contributed by atoms with Gasteiger partial charge in [-0.05, 0) is 24.6 Å². The van der Waals surface area contributed by atoms with Crippen LogP contribution in [0.25, 0.3) is 0 Å². The molecule has 1 atom stereocenters. The molecule has 0 spiro atoms. The molecule has 1 unspecified atom stereocenters. The number of carbonyl (C=O) groups is 2. The van der Waals surface area contributed by atoms with Gasteiger partial charge >= 0.3 is 0 Å². The zero-order valence-electron chi connectivity index (χ0n) is 12.9. The average Bonchev–Trinajstić information content (AvgIpc) is 2.59. The van der Waals surface area contributed by atoms with Crippen molar-refractivity contribution in [2.45, 2.75) is 32.2 Å². The van der Waals surface area contributed by atoms with E-state index in [1.807, 2.05) is 50.2 Å². The first kappa shape index (κ1) is 15.4. The zero-order valence-corrected chi connectivity index (χ0v) is 12.9. The molecular weight excluding hydrogens is 266 g/mol. The molecule has 1 aromatic rings. The van der Waals surface area contributed by atoms with Crippen molar-refractivity contribution in [1.82, 2.24) is 5.32 Å². The fourth-order valence-electron chi connectivity index (χ4n) is 2.52. The monoisotopic (exact) mass is 289 g/mol. The van der Waals surface area contributed by atoms with E-state index in [2.05, 4.69) is 5.32 Å². The van der Waals surface area contributed by atoms with Gasteiger partial charge in [-0.3, -0.25) is 9.59 Å². The Bertz CT molecular complexity index is 528. The van der Waals surface area contributed by atoms with Crippen LogP contribution in [0.15, 0.2) is 24.3 Å². The molecule has 0 saturated carbocycles. The average molecular weight is 289 g/mol. The molecule has 0 aromatic heterocycles. The molecule has 1 N–H and O–H groups in total. The summed E-state index contributed by atoms with van der Waals surface area (Å²) in [5, 5.41) is 2.83. The normalized spacial score (nSPS) is 19.2. The SMILES string of the molecule is CCCC1NC(=O)CCN(c2cccc(N(C)C)c2)C1=O. The Labute approximate surface area is 125 Å². The Kier molecular flexibility index (Phi) is 4.83. The van der Waals surface area contributed by atoms with Crippen LogP contribution in [0.2, 0.25) is 0 Å². The van der Waals surface area contributed by atoms with Crippen LogP contribution in [0.3, 0.4) is 0 Å². The third kappa shape index (κ3) is 3.54. The summed E-state index contributed by atoms with van der Waals surface area (Å²) >= 11 is 0. The van der Waals surface area contributed by atoms with Gasteiger partial charge in [-0.2, -0.15) is 0 Å². The summed E-state index contributed by atoms with van der Waals surface area (Å²) in [6, 6.07) is 7.43. The zero-order chi connectivity index (χ0) is 15.4. The van der Waals surface area contributed by atoms with Crippen LogP contribution in [0.1, 0.15) is 26.2 Å². The van der Waals surface area contributed by atoms with Gasteiger partial charge in [0.25, 0.3) is 0 Å². The molecule has 1 heterocycles. The molecule has 1 fully saturated rings. The summed E-state index contributed by atoms with van der Waals surface area (Å²) in [6.07, 6.45) is 1.88. The lowest BCUT2D eigenvalue weighted by atomic mass is 10.1. The molecule has 2 amide bonds. The minimum Gasteiger partial charge on any atom is -0.378 e. The van der Waals surface area contributed by atoms with Crippen molar-refractivity contribution in [2.75, 3.05) is 30.4 Å². The highest BCUT2D eigenvalue weighted by Gasteiger charge is 2.30. The minimum absolute atomic E-state index is 0.0152. The maximum Gasteiger partial charge on any atom is 0.249 e. The van der Waals surface area contributed by atoms with Gasteiger partial charge in [-0.25, -0.2) is 0 Å². The van der Waals surface area contributed by atoms with E-state index < -0.39 is 6.04 Å². The molecule has 0 bridgehead atoms. The van der Waals surface area contributed by atoms with Crippen molar-refractivity contribution in [1.29, 1.82) is 0 Å². The third-order valence-corrected chi connectivity index (χ3v) is 3.70. The summed E-state index contributed by atoms with van der Waals surface area (Å²) < 4.78 is 0. The second kappa shape index (κ2) is 6.61. The van der Waals surface area contributed by atoms with E-state index in [1.165, 1.54) is 0 Å². The van der Waals surface area contributed by atoms with E-state index >= 15 is 0 Å². The van der Waals surface area contributed by atoms with Crippen molar-refractivity contribution in [3.63, 3.8) is 0 Å². The molecule has 114 valence electrons. The number of amides is 2. The molecule has 1 saturated heterocycles. The molecule has 1 aliphatic rings. The second-order valence-corrected chi connectivity index (χ2v) is 5.56. The highest BCUT2D eigenvalue weighted by atomic mass is 16.2. The van der Waals surface area contributed by atoms with Gasteiger partial charge in [0, 0.05) is 38.4 Å². The Morgan fingerprint density at radius 2 is 2.10 bits per heavy atom. The van der Waals surface area contributed by atoms with Crippen LogP contribution in [-0.2, 0) is 9.59 Å². The van der Waals surface area contributed by atoms with E-state index in [4.69, 9.17) is 0 Å². The number of rotatable bonds is 4. The minimum atomic E-state index is -0.409. The molecule has 1 aromatic carbocycles. The first-order valence-corrected chi connectivity index (χ1v) is 7.41. The molecule has 0 aliphatic carbocycles. The first-order valence-electron chi connectivity index (χ1n) is 7.41. The first-order chi connectivity index (χ1) is 10.0. The third-order valence-electron chi connectivity index (χ3n) is 3.70. The molecule has 21 heavy (non-hydrogen) atoms. The van der Waals surface area contributed by atoms with Crippen LogP contribution in [0.4, 0.5) is 11.4 Å². The smallest absolute Gasteiger partial charge is 0.249 e. The summed E-state index contributed by atoms with van der Waals surface area (Å²) in [5.41, 5.74) is 1.89. The maximum absolute atomic E-state index is 12.7. The van der Waals surface area contributed by atoms with Crippen molar-refractivity contribution in [3.8, 4) is 0 Å². The number of nitrogens with one attached hydrogen (secondary N) is 1. The van der Waals surface area contributed by atoms with Crippen LogP contribution >= 0.6 is 0 Å². The standard InChI is InChI=1S/C16H23N3O2/c1-4-6-14-16(21)19(10-9-15(20)17-14)13-8-5-7-12(11-13)18(2)3/h5,7-8,11,14H,4,6,9-10H2,1-3H3,(H,17,20). The molecule has 5 nitrogen and oxygen atoms in total. The number of hydrogen-bond donors (Lipinski definition) is 1. The van der Waals surface area contributed by atoms with Crippen molar-refractivity contribution >= 4 is 23.2 Å². The van der Waals surface area contributed by atoms with Gasteiger partial charge in [0.2, 0.25) is 11.8 Å². The lowest BCUT2D eigenvalue weighted by molar-refractivity contribution is -0.125. The molecule has 1 aliphatic heterocycles. The van der Waals surface area contributed by atoms with Crippen LogP contribution in [0, 0.1) is 0 Å². The van der Waals surface area contributed by atoms with E-state index in [9.17, 15) is 9.59 Å². The molecule has 0 radical (unpaired) electrons. The lowest BCUT2D eigenvalue weighted by Gasteiger charge is -2.25. The van der Waals surface area contributed by atoms with Gasteiger partial charge in [0.05, 0.1) is 0 Å². The summed E-state index contributed by atoms with van der Waals surface area (Å²) in [7, 11) is 3.93.